The monoisotopic (exact) mass is 398 g/mol. The van der Waals surface area contributed by atoms with E-state index < -0.39 is 0 Å². The van der Waals surface area contributed by atoms with Gasteiger partial charge in [0.25, 0.3) is 0 Å². The summed E-state index contributed by atoms with van der Waals surface area (Å²) in [7, 11) is 3.33. The van der Waals surface area contributed by atoms with Gasteiger partial charge in [-0.05, 0) is 36.5 Å². The minimum atomic E-state index is -0.179. The summed E-state index contributed by atoms with van der Waals surface area (Å²) in [5.41, 5.74) is 0.957. The number of ether oxygens (including phenoxy) is 1. The molecule has 1 fully saturated rings. The summed E-state index contributed by atoms with van der Waals surface area (Å²) < 4.78 is 9.17. The Bertz CT molecular complexity index is 819. The second kappa shape index (κ2) is 7.90. The van der Waals surface area contributed by atoms with Crippen molar-refractivity contribution in [1.29, 1.82) is 0 Å². The molecule has 0 aliphatic carbocycles. The number of esters is 1. The first-order chi connectivity index (χ1) is 12.0. The summed E-state index contributed by atoms with van der Waals surface area (Å²) in [5.74, 6) is 1.49. The van der Waals surface area contributed by atoms with Crippen molar-refractivity contribution in [2.45, 2.75) is 11.9 Å². The van der Waals surface area contributed by atoms with Gasteiger partial charge in [0, 0.05) is 36.5 Å². The van der Waals surface area contributed by atoms with E-state index in [2.05, 4.69) is 10.00 Å². The topological polar surface area (TPSA) is 52.3 Å². The first kappa shape index (κ1) is 18.4. The Morgan fingerprint density at radius 2 is 2.16 bits per heavy atom. The lowest BCUT2D eigenvalue weighted by Crippen LogP contribution is -2.42. The average molecular weight is 399 g/mol. The summed E-state index contributed by atoms with van der Waals surface area (Å²) in [6.07, 6.45) is 0. The number of methoxy groups -OCH3 is 1. The predicted octanol–water partition coefficient (Wildman–Crippen LogP) is 2.82. The van der Waals surface area contributed by atoms with Crippen LogP contribution < -0.4 is 0 Å². The van der Waals surface area contributed by atoms with Crippen molar-refractivity contribution in [2.75, 3.05) is 26.0 Å². The van der Waals surface area contributed by atoms with Crippen LogP contribution in [0.4, 0.5) is 0 Å². The van der Waals surface area contributed by atoms with Crippen LogP contribution in [0.25, 0.3) is 11.4 Å². The summed E-state index contributed by atoms with van der Waals surface area (Å²) in [5, 5.41) is 5.19. The van der Waals surface area contributed by atoms with Crippen molar-refractivity contribution in [3.8, 4) is 11.4 Å². The molecule has 1 aliphatic heterocycles. The number of rotatable bonds is 4. The van der Waals surface area contributed by atoms with Gasteiger partial charge in [0.05, 0.1) is 13.8 Å². The Balaban J connectivity index is 1.79. The van der Waals surface area contributed by atoms with E-state index >= 15 is 0 Å². The molecule has 1 aromatic carbocycles. The fourth-order valence-electron chi connectivity index (χ4n) is 2.72. The molecule has 1 atom stereocenters. The van der Waals surface area contributed by atoms with E-state index in [0.29, 0.717) is 23.0 Å². The van der Waals surface area contributed by atoms with Crippen LogP contribution in [-0.2, 0) is 23.2 Å². The van der Waals surface area contributed by atoms with Crippen LogP contribution >= 0.6 is 35.6 Å². The standard InChI is InChI=1S/C16H19ClN4O2S2/c1-19-14(11-3-5-12(17)6-4-11)18-21(16(19)24)10-20-7-8-25-13(9-20)15(22)23-2/h3-6,13H,7-10H2,1-2H3/t13-/m1/s1. The zero-order valence-electron chi connectivity index (χ0n) is 14.0. The van der Waals surface area contributed by atoms with E-state index in [4.69, 9.17) is 28.6 Å². The van der Waals surface area contributed by atoms with Crippen LogP contribution in [0.15, 0.2) is 24.3 Å². The van der Waals surface area contributed by atoms with Gasteiger partial charge in [-0.1, -0.05) is 11.6 Å². The fraction of sp³-hybridized carbons (Fsp3) is 0.438. The van der Waals surface area contributed by atoms with Crippen molar-refractivity contribution >= 4 is 41.6 Å². The summed E-state index contributed by atoms with van der Waals surface area (Å²) in [4.78, 5) is 13.9. The highest BCUT2D eigenvalue weighted by molar-refractivity contribution is 8.00. The van der Waals surface area contributed by atoms with Gasteiger partial charge in [-0.25, -0.2) is 4.68 Å². The average Bonchev–Trinajstić information content (AvgIpc) is 2.90. The molecule has 0 saturated carbocycles. The van der Waals surface area contributed by atoms with Crippen LogP contribution in [0.5, 0.6) is 0 Å². The maximum absolute atomic E-state index is 11.8. The highest BCUT2D eigenvalue weighted by Gasteiger charge is 2.27. The minimum absolute atomic E-state index is 0.160. The molecule has 25 heavy (non-hydrogen) atoms. The number of nitrogens with zero attached hydrogens (tertiary/aromatic N) is 4. The highest BCUT2D eigenvalue weighted by Crippen LogP contribution is 2.22. The van der Waals surface area contributed by atoms with E-state index in [1.165, 1.54) is 7.11 Å². The molecule has 2 heterocycles. The largest absolute Gasteiger partial charge is 0.468 e. The number of hydrogen-bond donors (Lipinski definition) is 0. The van der Waals surface area contributed by atoms with Gasteiger partial charge in [-0.15, -0.1) is 11.8 Å². The summed E-state index contributed by atoms with van der Waals surface area (Å²) in [6.45, 7) is 2.06. The molecule has 0 bridgehead atoms. The Morgan fingerprint density at radius 1 is 1.44 bits per heavy atom. The molecule has 0 N–H and O–H groups in total. The Labute approximate surface area is 160 Å². The molecule has 134 valence electrons. The first-order valence-corrected chi connectivity index (χ1v) is 9.64. The predicted molar refractivity (Wildman–Crippen MR) is 102 cm³/mol. The Morgan fingerprint density at radius 3 is 2.84 bits per heavy atom. The molecular weight excluding hydrogens is 380 g/mol. The van der Waals surface area contributed by atoms with Crippen LogP contribution in [0.1, 0.15) is 0 Å². The fourth-order valence-corrected chi connectivity index (χ4v) is 4.23. The second-order valence-electron chi connectivity index (χ2n) is 5.77. The zero-order chi connectivity index (χ0) is 18.0. The number of carbonyl (C=O) groups is 1. The van der Waals surface area contributed by atoms with Gasteiger partial charge in [0.1, 0.15) is 5.25 Å². The number of halogens is 1. The van der Waals surface area contributed by atoms with Gasteiger partial charge >= 0.3 is 5.97 Å². The van der Waals surface area contributed by atoms with Crippen molar-refractivity contribution < 1.29 is 9.53 Å². The lowest BCUT2D eigenvalue weighted by Gasteiger charge is -2.30. The second-order valence-corrected chi connectivity index (χ2v) is 7.88. The maximum Gasteiger partial charge on any atom is 0.320 e. The number of thioether (sulfide) groups is 1. The lowest BCUT2D eigenvalue weighted by atomic mass is 10.2. The highest BCUT2D eigenvalue weighted by atomic mass is 35.5. The molecule has 2 aromatic rings. The molecule has 6 nitrogen and oxygen atoms in total. The van der Waals surface area contributed by atoms with E-state index in [1.807, 2.05) is 35.9 Å². The molecule has 0 unspecified atom stereocenters. The molecule has 0 radical (unpaired) electrons. The normalized spacial score (nSPS) is 18.3. The smallest absolute Gasteiger partial charge is 0.320 e. The van der Waals surface area contributed by atoms with Gasteiger partial charge in [0.15, 0.2) is 10.6 Å². The van der Waals surface area contributed by atoms with Crippen LogP contribution in [-0.4, -0.2) is 56.4 Å². The van der Waals surface area contributed by atoms with E-state index in [0.717, 1.165) is 23.7 Å². The number of benzene rings is 1. The molecule has 0 spiro atoms. The number of carbonyl (C=O) groups excluding carboxylic acids is 1. The molecule has 1 aromatic heterocycles. The van der Waals surface area contributed by atoms with Crippen molar-refractivity contribution in [1.82, 2.24) is 19.2 Å². The summed E-state index contributed by atoms with van der Waals surface area (Å²) in [6, 6.07) is 7.52. The summed E-state index contributed by atoms with van der Waals surface area (Å²) >= 11 is 13.1. The molecule has 0 amide bonds. The van der Waals surface area contributed by atoms with Crippen LogP contribution in [0.3, 0.4) is 0 Å². The third kappa shape index (κ3) is 4.08. The van der Waals surface area contributed by atoms with Gasteiger partial charge in [0.2, 0.25) is 0 Å². The van der Waals surface area contributed by atoms with Crippen molar-refractivity contribution in [3.63, 3.8) is 0 Å². The molecule has 9 heteroatoms. The third-order valence-electron chi connectivity index (χ3n) is 4.09. The van der Waals surface area contributed by atoms with Gasteiger partial charge < -0.3 is 9.30 Å². The molecule has 3 rings (SSSR count). The SMILES string of the molecule is COC(=O)[C@H]1CN(Cn2nc(-c3ccc(Cl)cc3)n(C)c2=S)CCS1. The molecular formula is C16H19ClN4O2S2. The van der Waals surface area contributed by atoms with E-state index in [-0.39, 0.29) is 11.2 Å². The van der Waals surface area contributed by atoms with Crippen LogP contribution in [0, 0.1) is 4.77 Å². The minimum Gasteiger partial charge on any atom is -0.468 e. The number of hydrogen-bond acceptors (Lipinski definition) is 6. The first-order valence-electron chi connectivity index (χ1n) is 7.81. The lowest BCUT2D eigenvalue weighted by molar-refractivity contribution is -0.140. The zero-order valence-corrected chi connectivity index (χ0v) is 16.4. The van der Waals surface area contributed by atoms with E-state index in [9.17, 15) is 4.79 Å². The Hall–Kier alpha value is -1.35. The van der Waals surface area contributed by atoms with Gasteiger partial charge in [-0.3, -0.25) is 9.69 Å². The van der Waals surface area contributed by atoms with Crippen molar-refractivity contribution in [2.24, 2.45) is 7.05 Å². The van der Waals surface area contributed by atoms with Gasteiger partial charge in [-0.2, -0.15) is 5.10 Å². The number of aromatic nitrogens is 3. The maximum atomic E-state index is 11.8. The molecule has 1 aliphatic rings. The Kier molecular flexibility index (Phi) is 5.83. The molecule has 1 saturated heterocycles. The quantitative estimate of drug-likeness (QED) is 0.583. The van der Waals surface area contributed by atoms with E-state index in [1.54, 1.807) is 16.4 Å². The third-order valence-corrected chi connectivity index (χ3v) is 5.99. The van der Waals surface area contributed by atoms with Crippen molar-refractivity contribution in [3.05, 3.63) is 34.1 Å². The van der Waals surface area contributed by atoms with Crippen LogP contribution in [0.2, 0.25) is 5.02 Å².